The summed E-state index contributed by atoms with van der Waals surface area (Å²) in [7, 11) is -1.60. The van der Waals surface area contributed by atoms with Crippen molar-refractivity contribution >= 4 is 38.0 Å². The Morgan fingerprint density at radius 1 is 0.694 bits per heavy atom. The quantitative estimate of drug-likeness (QED) is 0.127. The molecule has 62 heavy (non-hydrogen) atoms. The van der Waals surface area contributed by atoms with Gasteiger partial charge < -0.3 is 67.8 Å². The molecule has 4 unspecified atom stereocenters. The Labute approximate surface area is 368 Å². The average Bonchev–Trinajstić information content (AvgIpc) is 3.61. The van der Waals surface area contributed by atoms with Gasteiger partial charge in [-0.1, -0.05) is 39.5 Å². The molecule has 2 fully saturated rings. The molecule has 24 heteroatoms. The van der Waals surface area contributed by atoms with Crippen LogP contribution in [-0.4, -0.2) is 109 Å². The van der Waals surface area contributed by atoms with Crippen molar-refractivity contribution in [3.8, 4) is 0 Å². The van der Waals surface area contributed by atoms with Crippen LogP contribution in [-0.2, 0) is 62.9 Å². The van der Waals surface area contributed by atoms with E-state index in [-0.39, 0.29) is 49.4 Å². The molecule has 2 aliphatic rings. The molecule has 4 heterocycles. The van der Waals surface area contributed by atoms with Gasteiger partial charge in [-0.3, -0.25) is 13.7 Å². The van der Waals surface area contributed by atoms with E-state index < -0.39 is 81.1 Å². The van der Waals surface area contributed by atoms with Gasteiger partial charge in [0.25, 0.3) is 7.82 Å². The van der Waals surface area contributed by atoms with Crippen molar-refractivity contribution < 1.29 is 60.9 Å². The van der Waals surface area contributed by atoms with Gasteiger partial charge in [0.05, 0.1) is 50.8 Å². The zero-order valence-electron chi connectivity index (χ0n) is 37.7. The maximum atomic E-state index is 12.8. The van der Waals surface area contributed by atoms with Crippen molar-refractivity contribution in [1.82, 2.24) is 19.1 Å². The summed E-state index contributed by atoms with van der Waals surface area (Å²) in [5, 5.41) is 0. The van der Waals surface area contributed by atoms with Crippen LogP contribution in [0.2, 0.25) is 0 Å². The van der Waals surface area contributed by atoms with Crippen molar-refractivity contribution in [2.24, 2.45) is 11.8 Å². The van der Waals surface area contributed by atoms with Gasteiger partial charge in [-0.2, -0.15) is 9.97 Å². The molecule has 2 aliphatic heterocycles. The predicted molar refractivity (Wildman–Crippen MR) is 229 cm³/mol. The molecule has 2 saturated heterocycles. The minimum atomic E-state index is -4.67. The van der Waals surface area contributed by atoms with Gasteiger partial charge in [-0.25, -0.2) is 9.59 Å². The molecule has 0 aromatic carbocycles. The first kappa shape index (κ1) is 54.1. The molecule has 0 saturated carbocycles. The summed E-state index contributed by atoms with van der Waals surface area (Å²) in [6, 6.07) is 0. The lowest BCUT2D eigenvalue weighted by atomic mass is 10.0. The molecule has 356 valence electrons. The van der Waals surface area contributed by atoms with E-state index in [1.807, 2.05) is 27.7 Å². The number of phosphoric ester groups is 1. The van der Waals surface area contributed by atoms with Gasteiger partial charge in [0.15, 0.2) is 12.5 Å². The second kappa shape index (κ2) is 24.3. The summed E-state index contributed by atoms with van der Waals surface area (Å²) in [6.45, 7) is 15.1. The van der Waals surface area contributed by atoms with E-state index in [1.165, 1.54) is 22.4 Å². The fraction of sp³-hybridized carbons (Fsp3) is 0.789. The first-order valence-electron chi connectivity index (χ1n) is 20.5. The van der Waals surface area contributed by atoms with Crippen LogP contribution in [0.25, 0.3) is 0 Å². The van der Waals surface area contributed by atoms with Gasteiger partial charge in [0, 0.05) is 37.7 Å². The normalized spacial score (nSPS) is 26.0. The lowest BCUT2D eigenvalue weighted by Crippen LogP contribution is -2.40. The van der Waals surface area contributed by atoms with Crippen LogP contribution >= 0.6 is 14.5 Å². The van der Waals surface area contributed by atoms with Crippen LogP contribution in [0.4, 0.5) is 11.6 Å². The molecule has 0 aliphatic carbocycles. The molecule has 0 bridgehead atoms. The van der Waals surface area contributed by atoms with Crippen molar-refractivity contribution in [2.75, 3.05) is 52.1 Å². The third-order valence-electron chi connectivity index (χ3n) is 9.25. The number of nitrogens with zero attached hydrogens (tertiary/aromatic N) is 4. The molecular weight excluding hydrogens is 874 g/mol. The number of phosphoric acid groups is 1. The van der Waals surface area contributed by atoms with Crippen LogP contribution in [0, 0.1) is 25.7 Å². The smallest absolute Gasteiger partial charge is 0.351 e. The first-order chi connectivity index (χ1) is 28.9. The Morgan fingerprint density at radius 2 is 1.08 bits per heavy atom. The van der Waals surface area contributed by atoms with Crippen molar-refractivity contribution in [1.29, 1.82) is 0 Å². The number of anilines is 2. The fourth-order valence-electron chi connectivity index (χ4n) is 6.70. The summed E-state index contributed by atoms with van der Waals surface area (Å²) in [5.74, 6) is 0.641. The number of nitrogen functional groups attached to an aromatic ring is 2. The summed E-state index contributed by atoms with van der Waals surface area (Å²) < 4.78 is 70.9. The van der Waals surface area contributed by atoms with Gasteiger partial charge >= 0.3 is 11.4 Å². The van der Waals surface area contributed by atoms with E-state index in [9.17, 15) is 23.9 Å². The highest BCUT2D eigenvalue weighted by molar-refractivity contribution is 8.06. The second-order valence-electron chi connectivity index (χ2n) is 16.4. The van der Waals surface area contributed by atoms with E-state index in [2.05, 4.69) is 9.97 Å². The first-order valence-corrected chi connectivity index (χ1v) is 24.5. The Hall–Kier alpha value is -2.24. The summed E-state index contributed by atoms with van der Waals surface area (Å²) in [6.07, 6.45) is -3.49. The average molecular weight is 941 g/mol. The lowest BCUT2D eigenvalue weighted by molar-refractivity contribution is -0.237. The van der Waals surface area contributed by atoms with Crippen LogP contribution in [0.15, 0.2) is 22.0 Å². The van der Waals surface area contributed by atoms with Crippen molar-refractivity contribution in [2.45, 2.75) is 143 Å². The number of hydrogen-bond donors (Lipinski definition) is 2. The Bertz CT molecular complexity index is 1800. The maximum absolute atomic E-state index is 12.8. The van der Waals surface area contributed by atoms with Crippen LogP contribution in [0.3, 0.4) is 0 Å². The SMILES string of the molecule is COCCOC1[C@@H](OP(=O)([O-])OC(C)C)[C@@H](CC(C)C)O[C@H]1n1cc(C)c(N)nc1=O.COCCOC1[C@@H](OP([O-])(=S)OC(C)C)[C@@H](CC(C)C)O[C@H]1n1cc(C)c(N)nc1=O. The van der Waals surface area contributed by atoms with Crippen LogP contribution in [0.5, 0.6) is 0 Å². The minimum Gasteiger partial charge on any atom is -0.780 e. The highest BCUT2D eigenvalue weighted by atomic mass is 32.5. The predicted octanol–water partition coefficient (Wildman–Crippen LogP) is 2.89. The number of ether oxygens (including phenoxy) is 6. The van der Waals surface area contributed by atoms with E-state index in [1.54, 1.807) is 54.8 Å². The third kappa shape index (κ3) is 16.0. The van der Waals surface area contributed by atoms with Crippen LogP contribution in [0.1, 0.15) is 91.8 Å². The van der Waals surface area contributed by atoms with Gasteiger partial charge in [0.1, 0.15) is 42.8 Å². The molecule has 10 atom stereocenters. The molecule has 4 rings (SSSR count). The zero-order chi connectivity index (χ0) is 46.7. The fourth-order valence-corrected chi connectivity index (χ4v) is 9.76. The minimum absolute atomic E-state index is 0.108. The van der Waals surface area contributed by atoms with Crippen LogP contribution < -0.4 is 32.6 Å². The standard InChI is InChI=1S/C19H34N3O8P.C19H34N3O7PS/c1-11(2)9-14-15(30-31(24,25)29-12(3)4)16(27-8-7-26-6)18(28-14)22-10-13(5)17(20)21-19(22)23;1-11(2)9-14-15(29-30(24,31)28-12(3)4)16(26-8-7-25-6)18(27-14)22-10-13(5)17(20)21-19(22)23/h10-12,14-16,18H,7-9H2,1-6H3,(H,24,25)(H2,20,21,23);10-12,14-16,18H,7-9H2,1-6H3,(H,24,31)(H2,20,21,23)/p-2/t14-,15+,16?,18-;14-,15+,16?,18-,30?/m11/s1. The van der Waals surface area contributed by atoms with E-state index in [0.717, 1.165) is 0 Å². The second-order valence-corrected chi connectivity index (χ2v) is 20.4. The van der Waals surface area contributed by atoms with Gasteiger partial charge in [0.2, 0.25) is 0 Å². The van der Waals surface area contributed by atoms with Gasteiger partial charge in [-0.05, 0) is 66.2 Å². The summed E-state index contributed by atoms with van der Waals surface area (Å²) >= 11 is 5.11. The highest BCUT2D eigenvalue weighted by Gasteiger charge is 2.50. The highest BCUT2D eigenvalue weighted by Crippen LogP contribution is 2.49. The molecule has 2 aromatic heterocycles. The number of nitrogens with two attached hydrogens (primary N) is 2. The molecule has 21 nitrogen and oxygen atoms in total. The van der Waals surface area contributed by atoms with E-state index in [0.29, 0.717) is 30.6 Å². The molecular formula is C38H66N6O15P2S-2. The molecule has 0 amide bonds. The summed E-state index contributed by atoms with van der Waals surface area (Å²) in [5.41, 5.74) is 11.5. The number of hydrogen-bond acceptors (Lipinski definition) is 20. The van der Waals surface area contributed by atoms with Crippen molar-refractivity contribution in [3.63, 3.8) is 0 Å². The number of methoxy groups -OCH3 is 2. The topological polar surface area (TPSA) is 277 Å². The monoisotopic (exact) mass is 940 g/mol. The third-order valence-corrected chi connectivity index (χ3v) is 12.1. The molecule has 0 spiro atoms. The summed E-state index contributed by atoms with van der Waals surface area (Å²) in [4.78, 5) is 58.1. The molecule has 0 radical (unpaired) electrons. The zero-order valence-corrected chi connectivity index (χ0v) is 40.3. The van der Waals surface area contributed by atoms with E-state index in [4.69, 9.17) is 69.8 Å². The Kier molecular flexibility index (Phi) is 21.2. The molecule has 2 aromatic rings. The van der Waals surface area contributed by atoms with E-state index >= 15 is 0 Å². The number of rotatable bonds is 22. The maximum Gasteiger partial charge on any atom is 0.351 e. The number of aryl methyl sites for hydroxylation is 2. The Balaban J connectivity index is 0.000000330. The van der Waals surface area contributed by atoms with Crippen molar-refractivity contribution in [3.05, 3.63) is 44.5 Å². The Morgan fingerprint density at radius 3 is 1.44 bits per heavy atom. The van der Waals surface area contributed by atoms with Gasteiger partial charge in [-0.15, -0.1) is 0 Å². The largest absolute Gasteiger partial charge is 0.780 e. The molecule has 4 N–H and O–H groups in total. The number of aromatic nitrogens is 4. The lowest BCUT2D eigenvalue weighted by Gasteiger charge is -2.35.